The molecule has 0 radical (unpaired) electrons. The first kappa shape index (κ1) is 21.4. The van der Waals surface area contributed by atoms with E-state index in [2.05, 4.69) is 4.98 Å². The first-order valence-corrected chi connectivity index (χ1v) is 9.13. The van der Waals surface area contributed by atoms with Crippen LogP contribution in [0.5, 0.6) is 0 Å². The molecule has 9 heteroatoms. The predicted octanol–water partition coefficient (Wildman–Crippen LogP) is 6.00. The molecule has 0 aliphatic heterocycles. The molecule has 3 rings (SSSR count). The molecule has 0 unspecified atom stereocenters. The third kappa shape index (κ3) is 4.65. The fourth-order valence-electron chi connectivity index (χ4n) is 3.07. The van der Waals surface area contributed by atoms with Gasteiger partial charge in [0.2, 0.25) is 0 Å². The van der Waals surface area contributed by atoms with Crippen LogP contribution in [0.4, 0.5) is 29.5 Å². The lowest BCUT2D eigenvalue weighted by Gasteiger charge is -2.21. The number of carboxylic acid groups (broad SMARTS) is 1. The normalized spacial score (nSPS) is 11.4. The van der Waals surface area contributed by atoms with Crippen LogP contribution in [0.25, 0.3) is 11.1 Å². The molecule has 0 aliphatic rings. The first-order valence-electron chi connectivity index (χ1n) is 8.76. The Morgan fingerprint density at radius 2 is 1.90 bits per heavy atom. The number of carbonyl (C=O) groups is 1. The standard InChI is InChI=1S/C21H17ClF3N3O2/c1-12-16(6-8-19(26)27-12)14-4-2-3-13(9-14)11-28(20(29)30)15-5-7-18(22)17(10-15)21(23,24)25/h2-10H,11H2,1H3,(H2,26,27)(H,29,30). The summed E-state index contributed by atoms with van der Waals surface area (Å²) in [6, 6.07) is 13.5. The van der Waals surface area contributed by atoms with E-state index in [4.69, 9.17) is 17.3 Å². The van der Waals surface area contributed by atoms with Crippen molar-refractivity contribution in [2.24, 2.45) is 0 Å². The topological polar surface area (TPSA) is 79.5 Å². The number of nitrogens with zero attached hydrogens (tertiary/aromatic N) is 2. The molecule has 3 aromatic rings. The van der Waals surface area contributed by atoms with Gasteiger partial charge in [0.25, 0.3) is 0 Å². The number of anilines is 2. The highest BCUT2D eigenvalue weighted by Crippen LogP contribution is 2.37. The van der Waals surface area contributed by atoms with E-state index in [1.54, 1.807) is 37.3 Å². The lowest BCUT2D eigenvalue weighted by atomic mass is 10.0. The molecular formula is C21H17ClF3N3O2. The molecular weight excluding hydrogens is 419 g/mol. The Kier molecular flexibility index (Phi) is 5.89. The summed E-state index contributed by atoms with van der Waals surface area (Å²) in [7, 11) is 0. The van der Waals surface area contributed by atoms with Crippen molar-refractivity contribution >= 4 is 29.2 Å². The van der Waals surface area contributed by atoms with Crippen molar-refractivity contribution < 1.29 is 23.1 Å². The molecule has 3 N–H and O–H groups in total. The number of alkyl halides is 3. The smallest absolute Gasteiger partial charge is 0.417 e. The molecule has 0 saturated carbocycles. The highest BCUT2D eigenvalue weighted by Gasteiger charge is 2.34. The number of amides is 1. The van der Waals surface area contributed by atoms with Crippen molar-refractivity contribution in [3.05, 3.63) is 76.4 Å². The van der Waals surface area contributed by atoms with Crippen molar-refractivity contribution in [2.75, 3.05) is 10.6 Å². The summed E-state index contributed by atoms with van der Waals surface area (Å²) >= 11 is 5.64. The molecule has 156 valence electrons. The van der Waals surface area contributed by atoms with E-state index >= 15 is 0 Å². The Hall–Kier alpha value is -3.26. The molecule has 0 fully saturated rings. The van der Waals surface area contributed by atoms with Crippen LogP contribution in [0.3, 0.4) is 0 Å². The maximum atomic E-state index is 13.2. The van der Waals surface area contributed by atoms with E-state index < -0.39 is 22.9 Å². The Morgan fingerprint density at radius 1 is 1.17 bits per heavy atom. The van der Waals surface area contributed by atoms with Gasteiger partial charge in [-0.1, -0.05) is 29.8 Å². The minimum absolute atomic E-state index is 0.130. The molecule has 30 heavy (non-hydrogen) atoms. The molecule has 2 aromatic carbocycles. The molecule has 5 nitrogen and oxygen atoms in total. The second-order valence-electron chi connectivity index (χ2n) is 6.60. The van der Waals surface area contributed by atoms with E-state index in [1.165, 1.54) is 6.07 Å². The Bertz CT molecular complexity index is 1100. The number of nitrogens with two attached hydrogens (primary N) is 1. The fraction of sp³-hybridized carbons (Fsp3) is 0.143. The summed E-state index contributed by atoms with van der Waals surface area (Å²) in [5.74, 6) is 0.382. The Morgan fingerprint density at radius 3 is 2.53 bits per heavy atom. The van der Waals surface area contributed by atoms with E-state index in [1.807, 2.05) is 6.07 Å². The van der Waals surface area contributed by atoms with Crippen LogP contribution in [0.2, 0.25) is 5.02 Å². The van der Waals surface area contributed by atoms with Crippen LogP contribution in [0.1, 0.15) is 16.8 Å². The summed E-state index contributed by atoms with van der Waals surface area (Å²) in [6.45, 7) is 1.65. The van der Waals surface area contributed by atoms with Gasteiger partial charge >= 0.3 is 12.3 Å². The molecule has 0 aliphatic carbocycles. The van der Waals surface area contributed by atoms with E-state index in [9.17, 15) is 23.1 Å². The van der Waals surface area contributed by atoms with Gasteiger partial charge < -0.3 is 10.8 Å². The maximum Gasteiger partial charge on any atom is 0.417 e. The zero-order valence-corrected chi connectivity index (χ0v) is 16.5. The van der Waals surface area contributed by atoms with Crippen LogP contribution in [-0.4, -0.2) is 16.2 Å². The van der Waals surface area contributed by atoms with Crippen LogP contribution in [0.15, 0.2) is 54.6 Å². The zero-order valence-electron chi connectivity index (χ0n) is 15.7. The molecule has 0 bridgehead atoms. The highest BCUT2D eigenvalue weighted by molar-refractivity contribution is 6.31. The number of aromatic nitrogens is 1. The van der Waals surface area contributed by atoms with Crippen molar-refractivity contribution in [3.8, 4) is 11.1 Å². The van der Waals surface area contributed by atoms with E-state index in [-0.39, 0.29) is 12.2 Å². The van der Waals surface area contributed by atoms with Crippen molar-refractivity contribution in [1.29, 1.82) is 0 Å². The number of nitrogen functional groups attached to an aromatic ring is 1. The van der Waals surface area contributed by atoms with E-state index in [0.29, 0.717) is 17.1 Å². The summed E-state index contributed by atoms with van der Waals surface area (Å²) in [5, 5.41) is 9.10. The maximum absolute atomic E-state index is 13.2. The third-order valence-electron chi connectivity index (χ3n) is 4.48. The van der Waals surface area contributed by atoms with Gasteiger partial charge in [0.1, 0.15) is 5.82 Å². The van der Waals surface area contributed by atoms with Gasteiger partial charge in [-0.15, -0.1) is 0 Å². The first-order chi connectivity index (χ1) is 14.1. The summed E-state index contributed by atoms with van der Waals surface area (Å²) in [5.41, 5.74) is 7.36. The lowest BCUT2D eigenvalue weighted by Crippen LogP contribution is -2.29. The number of pyridine rings is 1. The molecule has 0 saturated heterocycles. The zero-order chi connectivity index (χ0) is 22.1. The summed E-state index contributed by atoms with van der Waals surface area (Å²) < 4.78 is 39.5. The van der Waals surface area contributed by atoms with Gasteiger partial charge in [-0.05, 0) is 54.4 Å². The van der Waals surface area contributed by atoms with Gasteiger partial charge in [-0.2, -0.15) is 13.2 Å². The second kappa shape index (κ2) is 8.23. The fourth-order valence-corrected chi connectivity index (χ4v) is 3.30. The monoisotopic (exact) mass is 435 g/mol. The SMILES string of the molecule is Cc1nc(N)ccc1-c1cccc(CN(C(=O)O)c2ccc(Cl)c(C(F)(F)F)c2)c1. The summed E-state index contributed by atoms with van der Waals surface area (Å²) in [6.07, 6.45) is -6.09. The predicted molar refractivity (Wildman–Crippen MR) is 109 cm³/mol. The van der Waals surface area contributed by atoms with Gasteiger partial charge in [0.05, 0.1) is 17.1 Å². The minimum Gasteiger partial charge on any atom is -0.465 e. The Balaban J connectivity index is 1.96. The number of halogens is 4. The molecule has 1 aromatic heterocycles. The molecule has 1 amide bonds. The van der Waals surface area contributed by atoms with Crippen LogP contribution < -0.4 is 10.6 Å². The lowest BCUT2D eigenvalue weighted by molar-refractivity contribution is -0.137. The number of benzene rings is 2. The molecule has 0 spiro atoms. The van der Waals surface area contributed by atoms with Gasteiger partial charge in [-0.3, -0.25) is 4.90 Å². The third-order valence-corrected chi connectivity index (χ3v) is 4.81. The number of aryl methyl sites for hydroxylation is 1. The average molecular weight is 436 g/mol. The number of hydrogen-bond donors (Lipinski definition) is 2. The summed E-state index contributed by atoms with van der Waals surface area (Å²) in [4.78, 5) is 16.8. The highest BCUT2D eigenvalue weighted by atomic mass is 35.5. The van der Waals surface area contributed by atoms with Crippen LogP contribution in [0, 0.1) is 6.92 Å². The van der Waals surface area contributed by atoms with Crippen molar-refractivity contribution in [2.45, 2.75) is 19.6 Å². The average Bonchev–Trinajstić information content (AvgIpc) is 2.66. The quantitative estimate of drug-likeness (QED) is 0.527. The van der Waals surface area contributed by atoms with E-state index in [0.717, 1.165) is 28.2 Å². The molecule has 1 heterocycles. The van der Waals surface area contributed by atoms with Gasteiger partial charge in [0, 0.05) is 16.9 Å². The van der Waals surface area contributed by atoms with Crippen molar-refractivity contribution in [3.63, 3.8) is 0 Å². The van der Waals surface area contributed by atoms with Crippen LogP contribution in [-0.2, 0) is 12.7 Å². The van der Waals surface area contributed by atoms with Gasteiger partial charge in [0.15, 0.2) is 0 Å². The largest absolute Gasteiger partial charge is 0.465 e. The minimum atomic E-state index is -4.70. The number of hydrogen-bond acceptors (Lipinski definition) is 3. The van der Waals surface area contributed by atoms with Gasteiger partial charge in [-0.25, -0.2) is 9.78 Å². The van der Waals surface area contributed by atoms with Crippen molar-refractivity contribution in [1.82, 2.24) is 4.98 Å². The second-order valence-corrected chi connectivity index (χ2v) is 7.01. The van der Waals surface area contributed by atoms with Crippen LogP contribution >= 0.6 is 11.6 Å². The Labute approximate surface area is 175 Å². The molecule has 0 atom stereocenters. The number of rotatable bonds is 4.